The van der Waals surface area contributed by atoms with Crippen molar-refractivity contribution in [3.05, 3.63) is 35.6 Å². The van der Waals surface area contributed by atoms with Crippen LogP contribution in [0, 0.1) is 5.82 Å². The smallest absolute Gasteiger partial charge is 0.127 e. The van der Waals surface area contributed by atoms with Gasteiger partial charge in [0.15, 0.2) is 0 Å². The first kappa shape index (κ1) is 16.4. The number of halogens is 1. The largest absolute Gasteiger partial charge is 0.378 e. The van der Waals surface area contributed by atoms with Gasteiger partial charge in [-0.3, -0.25) is 4.90 Å². The predicted molar refractivity (Wildman–Crippen MR) is 83.9 cm³/mol. The maximum absolute atomic E-state index is 14.0. The molecular formula is C17H27FN2O. The number of ether oxygens (including phenoxy) is 1. The summed E-state index contributed by atoms with van der Waals surface area (Å²) in [5.74, 6) is -0.113. The molecule has 4 heteroatoms. The molecule has 0 aliphatic carbocycles. The standard InChI is InChI=1S/C17H27FN2O/c1-3-14-13-21-12-11-20(14)10-9-17(19-4-2)15-7-5-6-8-16(15)18/h5-8,14,17,19H,3-4,9-13H2,1-2H3. The Bertz CT molecular complexity index is 427. The van der Waals surface area contributed by atoms with Gasteiger partial charge in [-0.15, -0.1) is 0 Å². The maximum Gasteiger partial charge on any atom is 0.127 e. The van der Waals surface area contributed by atoms with Crippen molar-refractivity contribution in [1.82, 2.24) is 10.2 Å². The molecule has 1 heterocycles. The zero-order valence-electron chi connectivity index (χ0n) is 13.1. The molecule has 0 saturated carbocycles. The molecule has 118 valence electrons. The van der Waals surface area contributed by atoms with Crippen LogP contribution in [0.5, 0.6) is 0 Å². The highest BCUT2D eigenvalue weighted by molar-refractivity contribution is 5.21. The summed E-state index contributed by atoms with van der Waals surface area (Å²) in [6.07, 6.45) is 2.02. The van der Waals surface area contributed by atoms with Crippen molar-refractivity contribution in [2.75, 3.05) is 32.8 Å². The van der Waals surface area contributed by atoms with E-state index in [0.717, 1.165) is 51.3 Å². The van der Waals surface area contributed by atoms with Gasteiger partial charge < -0.3 is 10.1 Å². The van der Waals surface area contributed by atoms with E-state index in [1.54, 1.807) is 12.1 Å². The Hall–Kier alpha value is -0.970. The first-order chi connectivity index (χ1) is 10.3. The minimum Gasteiger partial charge on any atom is -0.378 e. The van der Waals surface area contributed by atoms with Gasteiger partial charge in [0, 0.05) is 30.7 Å². The number of benzene rings is 1. The van der Waals surface area contributed by atoms with E-state index in [1.165, 1.54) is 0 Å². The summed E-state index contributed by atoms with van der Waals surface area (Å²) >= 11 is 0. The number of hydrogen-bond donors (Lipinski definition) is 1. The minimum atomic E-state index is -0.113. The van der Waals surface area contributed by atoms with Gasteiger partial charge in [0.2, 0.25) is 0 Å². The minimum absolute atomic E-state index is 0.0801. The Morgan fingerprint density at radius 1 is 1.38 bits per heavy atom. The summed E-state index contributed by atoms with van der Waals surface area (Å²) in [5.41, 5.74) is 0.778. The van der Waals surface area contributed by atoms with E-state index in [9.17, 15) is 4.39 Å². The molecule has 2 atom stereocenters. The average Bonchev–Trinajstić information content (AvgIpc) is 2.52. The molecule has 0 spiro atoms. The molecule has 0 bridgehead atoms. The van der Waals surface area contributed by atoms with Crippen molar-refractivity contribution in [3.63, 3.8) is 0 Å². The van der Waals surface area contributed by atoms with Crippen LogP contribution in [-0.4, -0.2) is 43.8 Å². The van der Waals surface area contributed by atoms with Crippen molar-refractivity contribution in [1.29, 1.82) is 0 Å². The number of rotatable bonds is 7. The van der Waals surface area contributed by atoms with Crippen LogP contribution in [0.4, 0.5) is 4.39 Å². The Morgan fingerprint density at radius 3 is 2.90 bits per heavy atom. The lowest BCUT2D eigenvalue weighted by Gasteiger charge is -2.36. The molecule has 1 aromatic carbocycles. The molecular weight excluding hydrogens is 267 g/mol. The number of nitrogens with one attached hydrogen (secondary N) is 1. The zero-order valence-corrected chi connectivity index (χ0v) is 13.1. The van der Waals surface area contributed by atoms with Gasteiger partial charge in [-0.1, -0.05) is 32.0 Å². The number of hydrogen-bond acceptors (Lipinski definition) is 3. The third-order valence-corrected chi connectivity index (χ3v) is 4.26. The van der Waals surface area contributed by atoms with Gasteiger partial charge in [0.1, 0.15) is 5.82 Å². The Kier molecular flexibility index (Phi) is 6.61. The van der Waals surface area contributed by atoms with Crippen LogP contribution in [-0.2, 0) is 4.74 Å². The highest BCUT2D eigenvalue weighted by atomic mass is 19.1. The van der Waals surface area contributed by atoms with Crippen LogP contribution in [0.15, 0.2) is 24.3 Å². The Morgan fingerprint density at radius 2 is 2.19 bits per heavy atom. The van der Waals surface area contributed by atoms with Gasteiger partial charge >= 0.3 is 0 Å². The summed E-state index contributed by atoms with van der Waals surface area (Å²) < 4.78 is 19.5. The third kappa shape index (κ3) is 4.50. The SMILES string of the molecule is CCNC(CCN1CCOCC1CC)c1ccccc1F. The fraction of sp³-hybridized carbons (Fsp3) is 0.647. The van der Waals surface area contributed by atoms with Gasteiger partial charge in [-0.05, 0) is 25.5 Å². The van der Waals surface area contributed by atoms with Crippen molar-refractivity contribution < 1.29 is 9.13 Å². The second-order valence-electron chi connectivity index (χ2n) is 5.59. The van der Waals surface area contributed by atoms with Crippen LogP contribution in [0.25, 0.3) is 0 Å². The van der Waals surface area contributed by atoms with Gasteiger partial charge in [-0.2, -0.15) is 0 Å². The number of nitrogens with zero attached hydrogens (tertiary/aromatic N) is 1. The molecule has 0 radical (unpaired) electrons. The lowest BCUT2D eigenvalue weighted by Crippen LogP contribution is -2.46. The maximum atomic E-state index is 14.0. The molecule has 0 aromatic heterocycles. The average molecular weight is 294 g/mol. The van der Waals surface area contributed by atoms with E-state index in [2.05, 4.69) is 24.1 Å². The summed E-state index contributed by atoms with van der Waals surface area (Å²) in [6, 6.07) is 7.67. The van der Waals surface area contributed by atoms with Crippen LogP contribution in [0.2, 0.25) is 0 Å². The summed E-state index contributed by atoms with van der Waals surface area (Å²) in [7, 11) is 0. The van der Waals surface area contributed by atoms with Crippen LogP contribution < -0.4 is 5.32 Å². The summed E-state index contributed by atoms with van der Waals surface area (Å²) in [4.78, 5) is 2.48. The van der Waals surface area contributed by atoms with Crippen molar-refractivity contribution >= 4 is 0 Å². The molecule has 0 amide bonds. The van der Waals surface area contributed by atoms with E-state index in [-0.39, 0.29) is 11.9 Å². The van der Waals surface area contributed by atoms with Crippen LogP contribution in [0.1, 0.15) is 38.3 Å². The first-order valence-electron chi connectivity index (χ1n) is 8.05. The predicted octanol–water partition coefficient (Wildman–Crippen LogP) is 2.98. The van der Waals surface area contributed by atoms with Crippen LogP contribution in [0.3, 0.4) is 0 Å². The first-order valence-corrected chi connectivity index (χ1v) is 8.05. The lowest BCUT2D eigenvalue weighted by molar-refractivity contribution is -0.0101. The topological polar surface area (TPSA) is 24.5 Å². The van der Waals surface area contributed by atoms with E-state index in [4.69, 9.17) is 4.74 Å². The summed E-state index contributed by atoms with van der Waals surface area (Å²) in [6.45, 7) is 8.70. The molecule has 1 aromatic rings. The van der Waals surface area contributed by atoms with Gasteiger partial charge in [0.05, 0.1) is 13.2 Å². The van der Waals surface area contributed by atoms with E-state index < -0.39 is 0 Å². The number of morpholine rings is 1. The van der Waals surface area contributed by atoms with E-state index in [0.29, 0.717) is 6.04 Å². The molecule has 2 rings (SSSR count). The monoisotopic (exact) mass is 294 g/mol. The molecule has 21 heavy (non-hydrogen) atoms. The normalized spacial score (nSPS) is 21.4. The molecule has 1 aliphatic rings. The fourth-order valence-corrected chi connectivity index (χ4v) is 3.03. The van der Waals surface area contributed by atoms with Crippen LogP contribution >= 0.6 is 0 Å². The van der Waals surface area contributed by atoms with E-state index >= 15 is 0 Å². The van der Waals surface area contributed by atoms with E-state index in [1.807, 2.05) is 12.1 Å². The highest BCUT2D eigenvalue weighted by Gasteiger charge is 2.23. The molecule has 2 unspecified atom stereocenters. The van der Waals surface area contributed by atoms with Gasteiger partial charge in [0.25, 0.3) is 0 Å². The van der Waals surface area contributed by atoms with Crippen molar-refractivity contribution in [3.8, 4) is 0 Å². The third-order valence-electron chi connectivity index (χ3n) is 4.26. The molecule has 3 nitrogen and oxygen atoms in total. The quantitative estimate of drug-likeness (QED) is 0.837. The molecule has 1 saturated heterocycles. The second-order valence-corrected chi connectivity index (χ2v) is 5.59. The Balaban J connectivity index is 1.98. The molecule has 1 N–H and O–H groups in total. The highest BCUT2D eigenvalue weighted by Crippen LogP contribution is 2.21. The van der Waals surface area contributed by atoms with Gasteiger partial charge in [-0.25, -0.2) is 4.39 Å². The zero-order chi connectivity index (χ0) is 15.1. The molecule has 1 fully saturated rings. The fourth-order valence-electron chi connectivity index (χ4n) is 3.03. The van der Waals surface area contributed by atoms with Crippen molar-refractivity contribution in [2.45, 2.75) is 38.8 Å². The lowest BCUT2D eigenvalue weighted by atomic mass is 10.0. The second kappa shape index (κ2) is 8.47. The molecule has 1 aliphatic heterocycles. The Labute approximate surface area is 127 Å². The summed E-state index contributed by atoms with van der Waals surface area (Å²) in [5, 5.41) is 3.41. The van der Waals surface area contributed by atoms with Crippen molar-refractivity contribution in [2.24, 2.45) is 0 Å².